The van der Waals surface area contributed by atoms with Gasteiger partial charge in [0.1, 0.15) is 5.65 Å². The lowest BCUT2D eigenvalue weighted by molar-refractivity contribution is 0.0955. The van der Waals surface area contributed by atoms with Crippen molar-refractivity contribution in [2.75, 3.05) is 6.54 Å². The van der Waals surface area contributed by atoms with Gasteiger partial charge in [0.05, 0.1) is 10.9 Å². The number of hydrogen-bond donors (Lipinski definition) is 1. The van der Waals surface area contributed by atoms with E-state index in [0.29, 0.717) is 6.54 Å². The van der Waals surface area contributed by atoms with Gasteiger partial charge in [-0.2, -0.15) is 0 Å². The molecule has 156 valence electrons. The molecule has 29 heavy (non-hydrogen) atoms. The maximum Gasteiger partial charge on any atom is 0.332 e. The van der Waals surface area contributed by atoms with Crippen LogP contribution in [0.15, 0.2) is 32.1 Å². The fourth-order valence-electron chi connectivity index (χ4n) is 4.01. The fraction of sp³-hybridized carbons (Fsp3) is 0.524. The second-order valence-electron chi connectivity index (χ2n) is 7.34. The number of nitrogens with zero attached hydrogens (tertiary/aromatic N) is 3. The summed E-state index contributed by atoms with van der Waals surface area (Å²) in [5.41, 5.74) is 0.0682. The van der Waals surface area contributed by atoms with Crippen LogP contribution >= 0.6 is 0 Å². The molecule has 0 unspecified atom stereocenters. The summed E-state index contributed by atoms with van der Waals surface area (Å²) in [6, 6.07) is 1.20. The van der Waals surface area contributed by atoms with Crippen molar-refractivity contribution >= 4 is 16.9 Å². The van der Waals surface area contributed by atoms with E-state index in [9.17, 15) is 19.2 Å². The van der Waals surface area contributed by atoms with Gasteiger partial charge in [-0.1, -0.05) is 11.6 Å². The van der Waals surface area contributed by atoms with Crippen LogP contribution in [0.5, 0.6) is 0 Å². The first-order chi connectivity index (χ1) is 13.9. The Labute approximate surface area is 168 Å². The maximum absolute atomic E-state index is 13.0. The van der Waals surface area contributed by atoms with Crippen LogP contribution in [0.2, 0.25) is 0 Å². The highest BCUT2D eigenvalue weighted by Gasteiger charge is 2.21. The lowest BCUT2D eigenvalue weighted by Gasteiger charge is -2.17. The minimum absolute atomic E-state index is 0.0233. The summed E-state index contributed by atoms with van der Waals surface area (Å²) >= 11 is 0. The summed E-state index contributed by atoms with van der Waals surface area (Å²) in [6.45, 7) is 4.36. The van der Waals surface area contributed by atoms with Crippen molar-refractivity contribution in [3.63, 3.8) is 0 Å². The molecule has 0 radical (unpaired) electrons. The Kier molecular flexibility index (Phi) is 6.20. The molecule has 8 heteroatoms. The molecule has 1 N–H and O–H groups in total. The summed E-state index contributed by atoms with van der Waals surface area (Å²) in [6.07, 6.45) is 7.49. The maximum atomic E-state index is 13.0. The zero-order valence-electron chi connectivity index (χ0n) is 17.3. The van der Waals surface area contributed by atoms with Crippen LogP contribution in [0.4, 0.5) is 0 Å². The molecule has 2 aromatic rings. The molecule has 0 aliphatic heterocycles. The molecule has 0 bridgehead atoms. The molecular formula is C21H28N4O4. The van der Waals surface area contributed by atoms with Crippen LogP contribution in [0.1, 0.15) is 56.3 Å². The number of pyridine rings is 1. The van der Waals surface area contributed by atoms with Crippen LogP contribution < -0.4 is 22.1 Å². The lowest BCUT2D eigenvalue weighted by Crippen LogP contribution is -2.42. The molecule has 0 atom stereocenters. The fourth-order valence-corrected chi connectivity index (χ4v) is 4.01. The lowest BCUT2D eigenvalue weighted by atomic mass is 9.97. The first kappa shape index (κ1) is 20.8. The monoisotopic (exact) mass is 400 g/mol. The predicted molar refractivity (Wildman–Crippen MR) is 113 cm³/mol. The number of fused-ring (bicyclic) bond motifs is 1. The van der Waals surface area contributed by atoms with Crippen molar-refractivity contribution in [2.45, 2.75) is 59.0 Å². The third kappa shape index (κ3) is 3.83. The van der Waals surface area contributed by atoms with E-state index >= 15 is 0 Å². The van der Waals surface area contributed by atoms with E-state index in [0.717, 1.165) is 23.8 Å². The van der Waals surface area contributed by atoms with Gasteiger partial charge in [0.25, 0.3) is 17.0 Å². The molecule has 0 aromatic carbocycles. The minimum Gasteiger partial charge on any atom is -0.352 e. The Morgan fingerprint density at radius 1 is 1.10 bits per heavy atom. The smallest absolute Gasteiger partial charge is 0.332 e. The van der Waals surface area contributed by atoms with Gasteiger partial charge in [0, 0.05) is 32.7 Å². The standard InChI is InChI=1S/C21H28N4O4/c1-4-24-16(26)13-15(18(27)22-12-11-14-9-7-6-8-10-14)17-19(24)23(3)21(29)25(5-2)20(17)28/h9,13H,4-8,10-12H2,1-3H3,(H,22,27). The topological polar surface area (TPSA) is 95.1 Å². The highest BCUT2D eigenvalue weighted by molar-refractivity contribution is 6.05. The van der Waals surface area contributed by atoms with E-state index in [-0.39, 0.29) is 29.7 Å². The van der Waals surface area contributed by atoms with Crippen LogP contribution in [0.3, 0.4) is 0 Å². The zero-order chi connectivity index (χ0) is 21.1. The van der Waals surface area contributed by atoms with Crippen molar-refractivity contribution < 1.29 is 4.79 Å². The number of aryl methyl sites for hydroxylation is 2. The predicted octanol–water partition coefficient (Wildman–Crippen LogP) is 1.52. The molecule has 2 heterocycles. The molecule has 0 fully saturated rings. The zero-order valence-corrected chi connectivity index (χ0v) is 17.3. The number of aromatic nitrogens is 3. The summed E-state index contributed by atoms with van der Waals surface area (Å²) in [5, 5.41) is 2.94. The Morgan fingerprint density at radius 3 is 2.45 bits per heavy atom. The van der Waals surface area contributed by atoms with Gasteiger partial charge in [0.15, 0.2) is 0 Å². The molecule has 0 spiro atoms. The molecule has 8 nitrogen and oxygen atoms in total. The summed E-state index contributed by atoms with van der Waals surface area (Å²) in [7, 11) is 1.51. The number of hydrogen-bond acceptors (Lipinski definition) is 4. The van der Waals surface area contributed by atoms with Gasteiger partial charge >= 0.3 is 5.69 Å². The van der Waals surface area contributed by atoms with Crippen molar-refractivity contribution in [2.24, 2.45) is 7.05 Å². The molecule has 1 aliphatic rings. The SMILES string of the molecule is CCn1c(=O)c2c(C(=O)NCCC3=CCCCC3)cc(=O)n(CC)c2n(C)c1=O. The quantitative estimate of drug-likeness (QED) is 0.744. The van der Waals surface area contributed by atoms with E-state index < -0.39 is 22.7 Å². The molecule has 3 rings (SSSR count). The van der Waals surface area contributed by atoms with Crippen molar-refractivity contribution in [1.29, 1.82) is 0 Å². The molecule has 1 aliphatic carbocycles. The second-order valence-corrected chi connectivity index (χ2v) is 7.34. The Balaban J connectivity index is 2.07. The van der Waals surface area contributed by atoms with E-state index in [4.69, 9.17) is 0 Å². The van der Waals surface area contributed by atoms with Crippen LogP contribution in [0.25, 0.3) is 11.0 Å². The summed E-state index contributed by atoms with van der Waals surface area (Å²) < 4.78 is 3.70. The summed E-state index contributed by atoms with van der Waals surface area (Å²) in [5.74, 6) is -0.467. The number of nitrogens with one attached hydrogen (secondary N) is 1. The van der Waals surface area contributed by atoms with Gasteiger partial charge in [-0.25, -0.2) is 4.79 Å². The second kappa shape index (κ2) is 8.63. The summed E-state index contributed by atoms with van der Waals surface area (Å²) in [4.78, 5) is 51.0. The van der Waals surface area contributed by atoms with Crippen LogP contribution in [-0.2, 0) is 20.1 Å². The van der Waals surface area contributed by atoms with Crippen molar-refractivity contribution in [3.8, 4) is 0 Å². The number of allylic oxidation sites excluding steroid dienone is 1. The number of rotatable bonds is 6. The van der Waals surface area contributed by atoms with Gasteiger partial charge in [-0.3, -0.25) is 28.1 Å². The highest BCUT2D eigenvalue weighted by Crippen LogP contribution is 2.19. The third-order valence-electron chi connectivity index (χ3n) is 5.57. The number of carbonyl (C=O) groups excluding carboxylic acids is 1. The Bertz CT molecular complexity index is 1150. The van der Waals surface area contributed by atoms with Gasteiger partial charge in [-0.05, 0) is 46.0 Å². The molecule has 2 aromatic heterocycles. The molecular weight excluding hydrogens is 372 g/mol. The average molecular weight is 400 g/mol. The Hall–Kier alpha value is -2.90. The normalized spacial score (nSPS) is 14.1. The van der Waals surface area contributed by atoms with Gasteiger partial charge in [0.2, 0.25) is 0 Å². The first-order valence-corrected chi connectivity index (χ1v) is 10.2. The van der Waals surface area contributed by atoms with Crippen molar-refractivity contribution in [3.05, 3.63) is 54.5 Å². The van der Waals surface area contributed by atoms with Crippen LogP contribution in [0, 0.1) is 0 Å². The Morgan fingerprint density at radius 2 is 1.83 bits per heavy atom. The number of carbonyl (C=O) groups is 1. The minimum atomic E-state index is -0.548. The number of amides is 1. The van der Waals surface area contributed by atoms with E-state index in [1.54, 1.807) is 13.8 Å². The highest BCUT2D eigenvalue weighted by atomic mass is 16.2. The van der Waals surface area contributed by atoms with Gasteiger partial charge in [-0.15, -0.1) is 0 Å². The van der Waals surface area contributed by atoms with E-state index in [1.807, 2.05) is 0 Å². The molecule has 0 saturated carbocycles. The van der Waals surface area contributed by atoms with Crippen LogP contribution in [-0.4, -0.2) is 26.2 Å². The average Bonchev–Trinajstić information content (AvgIpc) is 2.72. The molecule has 0 saturated heterocycles. The van der Waals surface area contributed by atoms with Crippen molar-refractivity contribution in [1.82, 2.24) is 19.0 Å². The van der Waals surface area contributed by atoms with E-state index in [1.165, 1.54) is 40.7 Å². The molecule has 1 amide bonds. The van der Waals surface area contributed by atoms with E-state index in [2.05, 4.69) is 11.4 Å². The third-order valence-corrected chi connectivity index (χ3v) is 5.57. The first-order valence-electron chi connectivity index (χ1n) is 10.2. The largest absolute Gasteiger partial charge is 0.352 e. The van der Waals surface area contributed by atoms with Gasteiger partial charge < -0.3 is 5.32 Å².